The van der Waals surface area contributed by atoms with E-state index < -0.39 is 0 Å². The zero-order chi connectivity index (χ0) is 12.3. The van der Waals surface area contributed by atoms with Gasteiger partial charge < -0.3 is 10.2 Å². The average Bonchev–Trinajstić information content (AvgIpc) is 2.39. The minimum absolute atomic E-state index is 0.0382. The number of halogens is 1. The molecule has 1 aliphatic heterocycles. The van der Waals surface area contributed by atoms with Crippen molar-refractivity contribution in [2.24, 2.45) is 0 Å². The molecule has 5 nitrogen and oxygen atoms in total. The van der Waals surface area contributed by atoms with Gasteiger partial charge in [-0.05, 0) is 35.2 Å². The Bertz CT molecular complexity index is 395. The molecule has 0 aliphatic carbocycles. The molecule has 2 rings (SSSR count). The number of nitrogens with one attached hydrogen (secondary N) is 1. The lowest BCUT2D eigenvalue weighted by molar-refractivity contribution is -0.122. The highest BCUT2D eigenvalue weighted by Crippen LogP contribution is 2.22. The van der Waals surface area contributed by atoms with Crippen LogP contribution in [0.3, 0.4) is 0 Å². The summed E-state index contributed by atoms with van der Waals surface area (Å²) in [5, 5.41) is 2.70. The SMILES string of the molecule is CNC(=O)C1CCCCN1c1ncc(Br)cn1. The molecule has 2 heterocycles. The topological polar surface area (TPSA) is 58.1 Å². The number of hydrogen-bond acceptors (Lipinski definition) is 4. The summed E-state index contributed by atoms with van der Waals surface area (Å²) in [6.07, 6.45) is 6.42. The molecule has 1 saturated heterocycles. The van der Waals surface area contributed by atoms with Crippen molar-refractivity contribution >= 4 is 27.8 Å². The van der Waals surface area contributed by atoms with Crippen LogP contribution in [0.25, 0.3) is 0 Å². The lowest BCUT2D eigenvalue weighted by Crippen LogP contribution is -2.49. The molecule has 1 amide bonds. The molecule has 17 heavy (non-hydrogen) atoms. The Morgan fingerprint density at radius 1 is 1.47 bits per heavy atom. The summed E-state index contributed by atoms with van der Waals surface area (Å²) in [5.74, 6) is 0.665. The first-order valence-corrected chi connectivity index (χ1v) is 6.47. The Morgan fingerprint density at radius 2 is 2.18 bits per heavy atom. The van der Waals surface area contributed by atoms with Gasteiger partial charge in [0.15, 0.2) is 0 Å². The second kappa shape index (κ2) is 5.44. The van der Waals surface area contributed by atoms with Gasteiger partial charge in [-0.15, -0.1) is 0 Å². The number of piperidine rings is 1. The van der Waals surface area contributed by atoms with Crippen LogP contribution >= 0.6 is 15.9 Å². The van der Waals surface area contributed by atoms with Crippen molar-refractivity contribution in [3.8, 4) is 0 Å². The Morgan fingerprint density at radius 3 is 2.82 bits per heavy atom. The Kier molecular flexibility index (Phi) is 3.93. The number of nitrogens with zero attached hydrogens (tertiary/aromatic N) is 3. The smallest absolute Gasteiger partial charge is 0.242 e. The Labute approximate surface area is 109 Å². The van der Waals surface area contributed by atoms with Crippen molar-refractivity contribution in [3.63, 3.8) is 0 Å². The highest BCUT2D eigenvalue weighted by molar-refractivity contribution is 9.10. The first-order valence-electron chi connectivity index (χ1n) is 5.68. The summed E-state index contributed by atoms with van der Waals surface area (Å²) < 4.78 is 0.842. The van der Waals surface area contributed by atoms with Gasteiger partial charge >= 0.3 is 0 Å². The minimum atomic E-state index is -0.144. The van der Waals surface area contributed by atoms with E-state index in [1.165, 1.54) is 0 Å². The lowest BCUT2D eigenvalue weighted by atomic mass is 10.0. The van der Waals surface area contributed by atoms with Gasteiger partial charge in [-0.25, -0.2) is 9.97 Å². The summed E-state index contributed by atoms with van der Waals surface area (Å²) in [6, 6.07) is -0.144. The van der Waals surface area contributed by atoms with Gasteiger partial charge in [-0.2, -0.15) is 0 Å². The normalized spacial score (nSPS) is 20.1. The molecule has 0 bridgehead atoms. The van der Waals surface area contributed by atoms with E-state index in [9.17, 15) is 4.79 Å². The molecule has 1 fully saturated rings. The molecule has 92 valence electrons. The van der Waals surface area contributed by atoms with Crippen LogP contribution in [0.2, 0.25) is 0 Å². The molecule has 6 heteroatoms. The van der Waals surface area contributed by atoms with Crippen LogP contribution < -0.4 is 10.2 Å². The average molecular weight is 299 g/mol. The van der Waals surface area contributed by atoms with E-state index in [-0.39, 0.29) is 11.9 Å². The van der Waals surface area contributed by atoms with Crippen LogP contribution in [0, 0.1) is 0 Å². The van der Waals surface area contributed by atoms with E-state index in [1.54, 1.807) is 19.4 Å². The third kappa shape index (κ3) is 2.74. The van der Waals surface area contributed by atoms with Gasteiger partial charge in [0, 0.05) is 26.0 Å². The molecule has 1 aromatic rings. The molecule has 0 radical (unpaired) electrons. The zero-order valence-electron chi connectivity index (χ0n) is 9.69. The number of carbonyl (C=O) groups excluding carboxylic acids is 1. The number of likely N-dealkylation sites (N-methyl/N-ethyl adjacent to an activating group) is 1. The van der Waals surface area contributed by atoms with Crippen molar-refractivity contribution in [3.05, 3.63) is 16.9 Å². The fraction of sp³-hybridized carbons (Fsp3) is 0.545. The largest absolute Gasteiger partial charge is 0.357 e. The van der Waals surface area contributed by atoms with Crippen LogP contribution in [0.4, 0.5) is 5.95 Å². The number of carbonyl (C=O) groups is 1. The maximum absolute atomic E-state index is 11.8. The van der Waals surface area contributed by atoms with E-state index >= 15 is 0 Å². The minimum Gasteiger partial charge on any atom is -0.357 e. The highest BCUT2D eigenvalue weighted by Gasteiger charge is 2.29. The number of rotatable bonds is 2. The van der Waals surface area contributed by atoms with Crippen LogP contribution in [0.15, 0.2) is 16.9 Å². The van der Waals surface area contributed by atoms with Gasteiger partial charge in [0.1, 0.15) is 6.04 Å². The number of anilines is 1. The van der Waals surface area contributed by atoms with Crippen molar-refractivity contribution in [2.45, 2.75) is 25.3 Å². The monoisotopic (exact) mass is 298 g/mol. The molecular formula is C11H15BrN4O. The fourth-order valence-electron chi connectivity index (χ4n) is 2.06. The zero-order valence-corrected chi connectivity index (χ0v) is 11.3. The first-order chi connectivity index (χ1) is 8.22. The highest BCUT2D eigenvalue weighted by atomic mass is 79.9. The van der Waals surface area contributed by atoms with Crippen molar-refractivity contribution < 1.29 is 4.79 Å². The van der Waals surface area contributed by atoms with Crippen LogP contribution in [-0.4, -0.2) is 35.5 Å². The maximum atomic E-state index is 11.8. The molecular weight excluding hydrogens is 284 g/mol. The predicted octanol–water partition coefficient (Wildman–Crippen LogP) is 1.34. The molecule has 0 spiro atoms. The van der Waals surface area contributed by atoms with Crippen molar-refractivity contribution in [1.29, 1.82) is 0 Å². The molecule has 1 unspecified atom stereocenters. The van der Waals surface area contributed by atoms with Gasteiger partial charge in [-0.1, -0.05) is 0 Å². The first kappa shape index (κ1) is 12.3. The van der Waals surface area contributed by atoms with Gasteiger partial charge in [0.05, 0.1) is 4.47 Å². The lowest BCUT2D eigenvalue weighted by Gasteiger charge is -2.34. The second-order valence-electron chi connectivity index (χ2n) is 4.02. The summed E-state index contributed by atoms with van der Waals surface area (Å²) in [4.78, 5) is 22.3. The van der Waals surface area contributed by atoms with Crippen LogP contribution in [0.5, 0.6) is 0 Å². The van der Waals surface area contributed by atoms with E-state index in [2.05, 4.69) is 31.2 Å². The molecule has 1 N–H and O–H groups in total. The number of amides is 1. The van der Waals surface area contributed by atoms with Gasteiger partial charge in [0.2, 0.25) is 11.9 Å². The summed E-state index contributed by atoms with van der Waals surface area (Å²) >= 11 is 3.30. The standard InChI is InChI=1S/C11H15BrN4O/c1-13-10(17)9-4-2-3-5-16(9)11-14-6-8(12)7-15-11/h6-7,9H,2-5H2,1H3,(H,13,17). The summed E-state index contributed by atoms with van der Waals surface area (Å²) in [6.45, 7) is 0.833. The number of aromatic nitrogens is 2. The molecule has 1 aromatic heterocycles. The van der Waals surface area contributed by atoms with E-state index in [4.69, 9.17) is 0 Å². The molecule has 1 atom stereocenters. The molecule has 1 aliphatic rings. The van der Waals surface area contributed by atoms with E-state index in [0.29, 0.717) is 5.95 Å². The summed E-state index contributed by atoms with van der Waals surface area (Å²) in [5.41, 5.74) is 0. The molecule has 0 aromatic carbocycles. The third-order valence-corrected chi connectivity index (χ3v) is 3.32. The summed E-state index contributed by atoms with van der Waals surface area (Å²) in [7, 11) is 1.66. The predicted molar refractivity (Wildman–Crippen MR) is 68.8 cm³/mol. The van der Waals surface area contributed by atoms with Gasteiger partial charge in [-0.3, -0.25) is 4.79 Å². The van der Waals surface area contributed by atoms with Crippen molar-refractivity contribution in [1.82, 2.24) is 15.3 Å². The molecule has 0 saturated carbocycles. The quantitative estimate of drug-likeness (QED) is 0.895. The van der Waals surface area contributed by atoms with Crippen molar-refractivity contribution in [2.75, 3.05) is 18.5 Å². The van der Waals surface area contributed by atoms with Crippen LogP contribution in [0.1, 0.15) is 19.3 Å². The Hall–Kier alpha value is -1.17. The maximum Gasteiger partial charge on any atom is 0.242 e. The third-order valence-electron chi connectivity index (χ3n) is 2.92. The Balaban J connectivity index is 2.21. The fourth-order valence-corrected chi connectivity index (χ4v) is 2.27. The van der Waals surface area contributed by atoms with E-state index in [1.807, 2.05) is 4.90 Å². The van der Waals surface area contributed by atoms with Crippen LogP contribution in [-0.2, 0) is 4.79 Å². The number of hydrogen-bond donors (Lipinski definition) is 1. The van der Waals surface area contributed by atoms with Gasteiger partial charge in [0.25, 0.3) is 0 Å². The second-order valence-corrected chi connectivity index (χ2v) is 4.94. The van der Waals surface area contributed by atoms with E-state index in [0.717, 1.165) is 30.3 Å².